The summed E-state index contributed by atoms with van der Waals surface area (Å²) >= 11 is 0. The van der Waals surface area contributed by atoms with Crippen molar-refractivity contribution in [3.05, 3.63) is 179 Å². The first-order valence-electron chi connectivity index (χ1n) is 24.2. The van der Waals surface area contributed by atoms with Crippen LogP contribution in [-0.2, 0) is 48.1 Å². The van der Waals surface area contributed by atoms with Gasteiger partial charge >= 0.3 is 0 Å². The van der Waals surface area contributed by atoms with Crippen molar-refractivity contribution in [2.24, 2.45) is 0 Å². The number of aromatic nitrogens is 2. The molecule has 350 valence electrons. The minimum Gasteiger partial charge on any atom is -0.509 e. The molecular formula is C62H63N4OPt-3. The molecule has 6 aromatic carbocycles. The molecule has 11 rings (SSSR count). The van der Waals surface area contributed by atoms with E-state index < -0.39 is 5.41 Å². The molecule has 0 fully saturated rings. The van der Waals surface area contributed by atoms with Gasteiger partial charge in [0.1, 0.15) is 5.82 Å². The number of rotatable bonds is 4. The molecule has 0 atom stereocenters. The van der Waals surface area contributed by atoms with E-state index in [1.807, 2.05) is 30.5 Å². The van der Waals surface area contributed by atoms with Crippen molar-refractivity contribution in [1.82, 2.24) is 9.55 Å². The standard InChI is InChI=1S/C62H63N4O.Pt/c1-37(2)64-36-65-53-35-41(67-40-25-27-43-42-20-15-16-22-50(42)66(52(43)34-40)54-24-17-18-29-63-54)26-28-46(53)62(47-21-19-23-51(64)57(47)65)55-44(30-38(58(3,4)5)32-48(55)60(9,10)11)45-31-39(59(6,7)8)33-49(56(45)62)61(12,13)14;/h15-33,36-37H,1-14H3;/q-3;. The molecule has 8 aromatic rings. The van der Waals surface area contributed by atoms with E-state index in [0.717, 1.165) is 33.3 Å². The average molecular weight is 1080 g/mol. The summed E-state index contributed by atoms with van der Waals surface area (Å²) in [6.07, 6.45) is 1.84. The van der Waals surface area contributed by atoms with E-state index in [9.17, 15) is 0 Å². The largest absolute Gasteiger partial charge is 0.509 e. The number of para-hydroxylation sites is 2. The van der Waals surface area contributed by atoms with Gasteiger partial charge in [-0.25, -0.2) is 4.98 Å². The molecule has 2 aliphatic heterocycles. The van der Waals surface area contributed by atoms with Gasteiger partial charge in [0.2, 0.25) is 0 Å². The van der Waals surface area contributed by atoms with Gasteiger partial charge in [-0.05, 0) is 121 Å². The van der Waals surface area contributed by atoms with Crippen molar-refractivity contribution in [3.63, 3.8) is 0 Å². The molecule has 6 heteroatoms. The van der Waals surface area contributed by atoms with Crippen molar-refractivity contribution in [1.29, 1.82) is 0 Å². The fourth-order valence-corrected chi connectivity index (χ4v) is 11.3. The van der Waals surface area contributed by atoms with Crippen LogP contribution in [0.15, 0.2) is 115 Å². The summed E-state index contributed by atoms with van der Waals surface area (Å²) in [5.41, 5.74) is 17.7. The second-order valence-electron chi connectivity index (χ2n) is 23.6. The molecule has 4 heterocycles. The molecule has 1 aliphatic carbocycles. The summed E-state index contributed by atoms with van der Waals surface area (Å²) in [5, 5.41) is 2.25. The fraction of sp³-hybridized carbons (Fsp3) is 0.323. The Balaban J connectivity index is 0.00000539. The van der Waals surface area contributed by atoms with Gasteiger partial charge in [-0.3, -0.25) is 0 Å². The van der Waals surface area contributed by atoms with E-state index in [2.05, 4.69) is 215 Å². The van der Waals surface area contributed by atoms with Gasteiger partial charge in [0.25, 0.3) is 0 Å². The van der Waals surface area contributed by atoms with Gasteiger partial charge in [0.05, 0.1) is 0 Å². The first kappa shape index (κ1) is 46.1. The smallest absolute Gasteiger partial charge is 0.135 e. The van der Waals surface area contributed by atoms with Crippen LogP contribution in [-0.4, -0.2) is 15.6 Å². The van der Waals surface area contributed by atoms with Gasteiger partial charge in [0.15, 0.2) is 0 Å². The summed E-state index contributed by atoms with van der Waals surface area (Å²) in [7, 11) is 0. The number of hydrogen-bond acceptors (Lipinski definition) is 4. The minimum absolute atomic E-state index is 0. The quantitative estimate of drug-likeness (QED) is 0.165. The molecule has 1 spiro atoms. The van der Waals surface area contributed by atoms with Crippen LogP contribution >= 0.6 is 0 Å². The molecule has 0 radical (unpaired) electrons. The molecule has 0 saturated carbocycles. The molecule has 0 N–H and O–H groups in total. The van der Waals surface area contributed by atoms with Crippen molar-refractivity contribution >= 4 is 38.9 Å². The van der Waals surface area contributed by atoms with Crippen LogP contribution in [0, 0.1) is 18.8 Å². The SMILES string of the molecule is CC(C)N1[CH-]N2c3[c-]c(Oc4[c-]c5c(cc4)c4ccccc4n5-c4ccccn4)ccc3C3(c4cccc1c42)c1c(cc(C(C)(C)C)cc1C(C)(C)C)-c1cc(C(C)(C)C)cc(C(C)(C)C)c13.[Pt]. The molecule has 68 heavy (non-hydrogen) atoms. The molecule has 0 amide bonds. The molecule has 0 saturated heterocycles. The maximum atomic E-state index is 6.96. The summed E-state index contributed by atoms with van der Waals surface area (Å²) < 4.78 is 9.15. The normalized spacial score (nSPS) is 14.9. The summed E-state index contributed by atoms with van der Waals surface area (Å²) in [6.45, 7) is 35.4. The average Bonchev–Trinajstić information content (AvgIpc) is 3.91. The first-order chi connectivity index (χ1) is 31.6. The Morgan fingerprint density at radius 3 is 1.79 bits per heavy atom. The van der Waals surface area contributed by atoms with Crippen molar-refractivity contribution < 1.29 is 25.8 Å². The Hall–Kier alpha value is -5.64. The van der Waals surface area contributed by atoms with Crippen LogP contribution in [0.2, 0.25) is 0 Å². The van der Waals surface area contributed by atoms with Crippen LogP contribution in [0.4, 0.5) is 17.1 Å². The Morgan fingerprint density at radius 2 is 1.21 bits per heavy atom. The third-order valence-electron chi connectivity index (χ3n) is 14.6. The van der Waals surface area contributed by atoms with E-state index in [-0.39, 0.29) is 48.8 Å². The first-order valence-corrected chi connectivity index (χ1v) is 24.2. The van der Waals surface area contributed by atoms with Gasteiger partial charge < -0.3 is 19.1 Å². The number of benzene rings is 6. The fourth-order valence-electron chi connectivity index (χ4n) is 11.3. The topological polar surface area (TPSA) is 33.5 Å². The zero-order chi connectivity index (χ0) is 47.3. The number of fused-ring (bicyclic) bond motifs is 12. The zero-order valence-corrected chi connectivity index (χ0v) is 44.4. The molecule has 0 bridgehead atoms. The Morgan fingerprint density at radius 1 is 0.603 bits per heavy atom. The Kier molecular flexibility index (Phi) is 10.5. The van der Waals surface area contributed by atoms with Crippen molar-refractivity contribution in [2.45, 2.75) is 130 Å². The third-order valence-corrected chi connectivity index (χ3v) is 14.6. The van der Waals surface area contributed by atoms with E-state index in [4.69, 9.17) is 9.72 Å². The van der Waals surface area contributed by atoms with Gasteiger partial charge in [-0.15, -0.1) is 35.2 Å². The van der Waals surface area contributed by atoms with Gasteiger partial charge in [0, 0.05) is 61.1 Å². The zero-order valence-electron chi connectivity index (χ0n) is 42.1. The predicted molar refractivity (Wildman–Crippen MR) is 279 cm³/mol. The molecule has 5 nitrogen and oxygen atoms in total. The summed E-state index contributed by atoms with van der Waals surface area (Å²) in [6, 6.07) is 48.3. The second-order valence-corrected chi connectivity index (χ2v) is 23.6. The maximum Gasteiger partial charge on any atom is 0.135 e. The van der Waals surface area contributed by atoms with Crippen LogP contribution in [0.25, 0.3) is 38.8 Å². The van der Waals surface area contributed by atoms with Crippen molar-refractivity contribution in [3.8, 4) is 28.4 Å². The van der Waals surface area contributed by atoms with Crippen LogP contribution in [0.1, 0.15) is 141 Å². The number of nitrogens with zero attached hydrogens (tertiary/aromatic N) is 4. The number of anilines is 3. The van der Waals surface area contributed by atoms with Crippen molar-refractivity contribution in [2.75, 3.05) is 9.80 Å². The van der Waals surface area contributed by atoms with E-state index in [1.54, 1.807) is 0 Å². The summed E-state index contributed by atoms with van der Waals surface area (Å²) in [4.78, 5) is 9.60. The predicted octanol–water partition coefficient (Wildman–Crippen LogP) is 15.9. The Bertz CT molecular complexity index is 3250. The Labute approximate surface area is 418 Å². The minimum atomic E-state index is -0.676. The van der Waals surface area contributed by atoms with E-state index >= 15 is 0 Å². The maximum absolute atomic E-state index is 6.96. The number of pyridine rings is 1. The van der Waals surface area contributed by atoms with Gasteiger partial charge in [-0.2, -0.15) is 18.8 Å². The van der Waals surface area contributed by atoms with Crippen LogP contribution < -0.4 is 14.5 Å². The molecule has 3 aliphatic rings. The second kappa shape index (κ2) is 15.4. The molecular weight excluding hydrogens is 1010 g/mol. The van der Waals surface area contributed by atoms with Crippen LogP contribution in [0.5, 0.6) is 11.5 Å². The summed E-state index contributed by atoms with van der Waals surface area (Å²) in [5.74, 6) is 2.10. The molecule has 0 unspecified atom stereocenters. The monoisotopic (exact) mass is 1070 g/mol. The van der Waals surface area contributed by atoms with Gasteiger partial charge in [-0.1, -0.05) is 155 Å². The number of ether oxygens (including phenoxy) is 1. The molecule has 2 aromatic heterocycles. The van der Waals surface area contributed by atoms with Crippen LogP contribution in [0.3, 0.4) is 0 Å². The van der Waals surface area contributed by atoms with E-state index in [1.165, 1.54) is 67.0 Å². The third kappa shape index (κ3) is 6.76. The number of hydrogen-bond donors (Lipinski definition) is 0. The van der Waals surface area contributed by atoms with E-state index in [0.29, 0.717) is 11.5 Å².